The summed E-state index contributed by atoms with van der Waals surface area (Å²) in [6.45, 7) is 3.79. The Labute approximate surface area is 176 Å². The summed E-state index contributed by atoms with van der Waals surface area (Å²) in [5, 5.41) is 0. The number of aromatic nitrogens is 1. The van der Waals surface area contributed by atoms with Crippen LogP contribution in [-0.4, -0.2) is 23.4 Å². The lowest BCUT2D eigenvalue weighted by atomic mass is 9.81. The largest absolute Gasteiger partial charge is 0.469 e. The second kappa shape index (κ2) is 6.67. The van der Waals surface area contributed by atoms with Gasteiger partial charge in [0.05, 0.1) is 17.7 Å². The lowest BCUT2D eigenvalue weighted by Gasteiger charge is -2.44. The van der Waals surface area contributed by atoms with Gasteiger partial charge in [0.2, 0.25) is 5.72 Å². The predicted molar refractivity (Wildman–Crippen MR) is 113 cm³/mol. The van der Waals surface area contributed by atoms with Crippen molar-refractivity contribution in [1.82, 2.24) is 4.57 Å². The summed E-state index contributed by atoms with van der Waals surface area (Å²) in [4.78, 5) is 31.5. The van der Waals surface area contributed by atoms with Crippen LogP contribution in [-0.2, 0) is 9.53 Å². The Bertz CT molecular complexity index is 1340. The number of hydrogen-bond donors (Lipinski definition) is 0. The van der Waals surface area contributed by atoms with Gasteiger partial charge in [-0.1, -0.05) is 59.4 Å². The highest BCUT2D eigenvalue weighted by Gasteiger charge is 2.55. The zero-order valence-corrected chi connectivity index (χ0v) is 17.6. The first-order chi connectivity index (χ1) is 14.4. The molecule has 3 aromatic rings. The number of nitrogens with zero attached hydrogens (tertiary/aromatic N) is 2. The molecule has 5 rings (SSSR count). The fourth-order valence-corrected chi connectivity index (χ4v) is 5.34. The van der Waals surface area contributed by atoms with E-state index in [0.717, 1.165) is 16.7 Å². The lowest BCUT2D eigenvalue weighted by molar-refractivity contribution is -0.158. The predicted octanol–water partition coefficient (Wildman–Crippen LogP) is 2.17. The van der Waals surface area contributed by atoms with Crippen LogP contribution in [0.1, 0.15) is 29.7 Å². The van der Waals surface area contributed by atoms with E-state index in [1.165, 1.54) is 18.4 Å². The summed E-state index contributed by atoms with van der Waals surface area (Å²) >= 11 is 1.31. The van der Waals surface area contributed by atoms with Crippen molar-refractivity contribution in [1.29, 1.82) is 0 Å². The lowest BCUT2D eigenvalue weighted by Crippen LogP contribution is -2.58. The SMILES string of the molecule is COC(=O)[C@H]1[C@H]2c3ccccc3O[C@]1(C)N=c1s/c(=C/c3ccc(C)cc3)c(=O)n12. The average Bonchev–Trinajstić information content (AvgIpc) is 3.02. The van der Waals surface area contributed by atoms with Crippen molar-refractivity contribution in [2.24, 2.45) is 10.9 Å². The van der Waals surface area contributed by atoms with E-state index in [4.69, 9.17) is 14.5 Å². The molecule has 30 heavy (non-hydrogen) atoms. The smallest absolute Gasteiger partial charge is 0.317 e. The number of carbonyl (C=O) groups excluding carboxylic acids is 1. The molecule has 2 aliphatic rings. The molecule has 1 aromatic heterocycles. The standard InChI is InChI=1S/C23H20N2O4S/c1-13-8-10-14(11-9-13)12-17-20(26)25-19-15-6-4-5-7-16(15)29-23(2,24-22(25)30-17)18(19)21(27)28-3/h4-12,18-19H,1-3H3/b17-12+/t18-,19-,23+/m1/s1. The van der Waals surface area contributed by atoms with Gasteiger partial charge >= 0.3 is 5.97 Å². The second-order valence-electron chi connectivity index (χ2n) is 7.73. The third-order valence-corrected chi connectivity index (χ3v) is 6.69. The number of esters is 1. The Kier molecular flexibility index (Phi) is 4.18. The maximum absolute atomic E-state index is 13.4. The van der Waals surface area contributed by atoms with Crippen molar-refractivity contribution in [3.8, 4) is 5.75 Å². The van der Waals surface area contributed by atoms with Crippen molar-refractivity contribution >= 4 is 23.4 Å². The van der Waals surface area contributed by atoms with Crippen LogP contribution >= 0.6 is 11.3 Å². The van der Waals surface area contributed by atoms with E-state index in [1.807, 2.05) is 61.5 Å². The van der Waals surface area contributed by atoms with E-state index < -0.39 is 23.7 Å². The summed E-state index contributed by atoms with van der Waals surface area (Å²) in [6, 6.07) is 14.9. The molecule has 6 nitrogen and oxygen atoms in total. The topological polar surface area (TPSA) is 69.9 Å². The van der Waals surface area contributed by atoms with E-state index in [0.29, 0.717) is 15.1 Å². The van der Waals surface area contributed by atoms with Crippen LogP contribution in [0.3, 0.4) is 0 Å². The van der Waals surface area contributed by atoms with Crippen LogP contribution < -0.4 is 19.6 Å². The van der Waals surface area contributed by atoms with Gasteiger partial charge in [-0.3, -0.25) is 14.2 Å². The van der Waals surface area contributed by atoms with Gasteiger partial charge in [-0.15, -0.1) is 0 Å². The Morgan fingerprint density at radius 3 is 2.70 bits per heavy atom. The molecule has 0 saturated carbocycles. The minimum Gasteiger partial charge on any atom is -0.469 e. The molecule has 0 aliphatic carbocycles. The van der Waals surface area contributed by atoms with Crippen LogP contribution in [0.5, 0.6) is 5.75 Å². The van der Waals surface area contributed by atoms with E-state index in [2.05, 4.69) is 0 Å². The number of thiazole rings is 1. The number of ether oxygens (including phenoxy) is 2. The summed E-state index contributed by atoms with van der Waals surface area (Å²) in [5.41, 5.74) is 1.55. The molecule has 0 saturated heterocycles. The van der Waals surface area contributed by atoms with Gasteiger partial charge in [0.25, 0.3) is 5.56 Å². The molecule has 152 valence electrons. The first-order valence-electron chi connectivity index (χ1n) is 9.67. The summed E-state index contributed by atoms with van der Waals surface area (Å²) < 4.78 is 13.4. The minimum atomic E-state index is -1.15. The maximum atomic E-state index is 13.4. The molecule has 0 N–H and O–H groups in total. The number of fused-ring (bicyclic) bond motifs is 6. The number of para-hydroxylation sites is 1. The fraction of sp³-hybridized carbons (Fsp3) is 0.261. The first kappa shape index (κ1) is 18.8. The first-order valence-corrected chi connectivity index (χ1v) is 10.5. The van der Waals surface area contributed by atoms with Gasteiger partial charge in [0.15, 0.2) is 4.80 Å². The van der Waals surface area contributed by atoms with Gasteiger partial charge in [0, 0.05) is 5.56 Å². The van der Waals surface area contributed by atoms with Crippen LogP contribution in [0.25, 0.3) is 6.08 Å². The van der Waals surface area contributed by atoms with E-state index in [9.17, 15) is 9.59 Å². The van der Waals surface area contributed by atoms with Crippen LogP contribution in [0.2, 0.25) is 0 Å². The highest BCUT2D eigenvalue weighted by atomic mass is 32.1. The second-order valence-corrected chi connectivity index (χ2v) is 8.74. The molecule has 0 unspecified atom stereocenters. The van der Waals surface area contributed by atoms with E-state index >= 15 is 0 Å². The number of methoxy groups -OCH3 is 1. The van der Waals surface area contributed by atoms with Gasteiger partial charge in [-0.05, 0) is 31.6 Å². The number of hydrogen-bond acceptors (Lipinski definition) is 6. The van der Waals surface area contributed by atoms with Crippen LogP contribution in [0, 0.1) is 12.8 Å². The summed E-state index contributed by atoms with van der Waals surface area (Å²) in [5.74, 6) is -0.584. The maximum Gasteiger partial charge on any atom is 0.317 e. The van der Waals surface area contributed by atoms with Crippen molar-refractivity contribution < 1.29 is 14.3 Å². The van der Waals surface area contributed by atoms with Crippen molar-refractivity contribution in [3.63, 3.8) is 0 Å². The zero-order chi connectivity index (χ0) is 21.0. The van der Waals surface area contributed by atoms with Crippen LogP contribution in [0.4, 0.5) is 0 Å². The molecule has 0 radical (unpaired) electrons. The van der Waals surface area contributed by atoms with Gasteiger partial charge in [-0.2, -0.15) is 0 Å². The van der Waals surface area contributed by atoms with Crippen molar-refractivity contribution in [3.05, 3.63) is 84.9 Å². The van der Waals surface area contributed by atoms with Gasteiger partial charge in [-0.25, -0.2) is 4.99 Å². The minimum absolute atomic E-state index is 0.169. The monoisotopic (exact) mass is 420 g/mol. The van der Waals surface area contributed by atoms with E-state index in [-0.39, 0.29) is 5.56 Å². The van der Waals surface area contributed by atoms with Crippen molar-refractivity contribution in [2.75, 3.05) is 7.11 Å². The number of aryl methyl sites for hydroxylation is 1. The molecule has 0 fully saturated rings. The molecule has 2 aliphatic heterocycles. The normalized spacial score (nSPS) is 24.3. The molecular formula is C23H20N2O4S. The number of benzene rings is 2. The molecule has 2 bridgehead atoms. The fourth-order valence-electron chi connectivity index (χ4n) is 4.25. The molecule has 0 amide bonds. The summed E-state index contributed by atoms with van der Waals surface area (Å²) in [7, 11) is 1.34. The van der Waals surface area contributed by atoms with Crippen molar-refractivity contribution in [2.45, 2.75) is 25.6 Å². The quantitative estimate of drug-likeness (QED) is 0.596. The third-order valence-electron chi connectivity index (χ3n) is 5.71. The highest BCUT2D eigenvalue weighted by molar-refractivity contribution is 7.07. The molecule has 3 atom stereocenters. The van der Waals surface area contributed by atoms with Crippen LogP contribution in [0.15, 0.2) is 58.3 Å². The highest BCUT2D eigenvalue weighted by Crippen LogP contribution is 2.47. The Morgan fingerprint density at radius 2 is 1.97 bits per heavy atom. The molecule has 3 heterocycles. The molecule has 7 heteroatoms. The van der Waals surface area contributed by atoms with Gasteiger partial charge < -0.3 is 9.47 Å². The Hall–Kier alpha value is -3.19. The number of rotatable bonds is 2. The Morgan fingerprint density at radius 1 is 1.23 bits per heavy atom. The number of carbonyl (C=O) groups is 1. The van der Waals surface area contributed by atoms with Gasteiger partial charge in [0.1, 0.15) is 11.7 Å². The average molecular weight is 420 g/mol. The summed E-state index contributed by atoms with van der Waals surface area (Å²) in [6.07, 6.45) is 1.86. The zero-order valence-electron chi connectivity index (χ0n) is 16.8. The molecule has 0 spiro atoms. The Balaban J connectivity index is 1.79. The van der Waals surface area contributed by atoms with E-state index in [1.54, 1.807) is 11.5 Å². The molecular weight excluding hydrogens is 400 g/mol. The third kappa shape index (κ3) is 2.73. The molecule has 2 aromatic carbocycles.